The fraction of sp³-hybridized carbons (Fsp3) is 0.571. The van der Waals surface area contributed by atoms with Gasteiger partial charge in [-0.3, -0.25) is 4.68 Å². The number of nitrogens with zero attached hydrogens (tertiary/aromatic N) is 2. The van der Waals surface area contributed by atoms with Gasteiger partial charge in [0.05, 0.1) is 13.7 Å². The van der Waals surface area contributed by atoms with Gasteiger partial charge in [0.2, 0.25) is 12.2 Å². The first-order valence-corrected chi connectivity index (χ1v) is 10.2. The van der Waals surface area contributed by atoms with Crippen LogP contribution in [0.1, 0.15) is 36.7 Å². The molecule has 0 aliphatic carbocycles. The standard InChI is InChI=1S/C21H28F2N2O7/c1-9(2)25-10(3)12(7-13-14(22)5-11(30-4)6-15(13)23)20(24-25)32-21-19(29)18(28)17(27)16(8-26)31-21/h5-6,9,16-19,21,26-29H,7-8H2,1-4H3/t16-,17-,18+,19-,21+/m1/s1. The number of halogens is 2. The summed E-state index contributed by atoms with van der Waals surface area (Å²) in [5, 5.41) is 44.0. The molecule has 0 amide bonds. The lowest BCUT2D eigenvalue weighted by Crippen LogP contribution is -2.60. The van der Waals surface area contributed by atoms with Crippen LogP contribution in [0.4, 0.5) is 8.78 Å². The van der Waals surface area contributed by atoms with Crippen LogP contribution in [-0.4, -0.2) is 74.6 Å². The molecule has 1 aromatic heterocycles. The van der Waals surface area contributed by atoms with Gasteiger partial charge in [-0.1, -0.05) is 0 Å². The second-order valence-corrected chi connectivity index (χ2v) is 7.97. The van der Waals surface area contributed by atoms with Crippen molar-refractivity contribution in [3.8, 4) is 11.6 Å². The number of hydrogen-bond donors (Lipinski definition) is 4. The van der Waals surface area contributed by atoms with E-state index in [4.69, 9.17) is 14.2 Å². The molecular formula is C21H28F2N2O7. The summed E-state index contributed by atoms with van der Waals surface area (Å²) in [6.07, 6.45) is -7.71. The molecule has 1 aliphatic rings. The molecule has 2 heterocycles. The quantitative estimate of drug-likeness (QED) is 0.481. The van der Waals surface area contributed by atoms with Crippen molar-refractivity contribution in [3.05, 3.63) is 40.6 Å². The van der Waals surface area contributed by atoms with Gasteiger partial charge in [0.15, 0.2) is 0 Å². The minimum atomic E-state index is -1.65. The number of aliphatic hydroxyl groups excluding tert-OH is 4. The smallest absolute Gasteiger partial charge is 0.239 e. The highest BCUT2D eigenvalue weighted by molar-refractivity contribution is 5.39. The average Bonchev–Trinajstić information content (AvgIpc) is 3.06. The highest BCUT2D eigenvalue weighted by atomic mass is 19.1. The number of ether oxygens (including phenoxy) is 3. The fourth-order valence-electron chi connectivity index (χ4n) is 3.65. The number of hydrogen-bond acceptors (Lipinski definition) is 8. The van der Waals surface area contributed by atoms with Gasteiger partial charge in [0.1, 0.15) is 41.8 Å². The van der Waals surface area contributed by atoms with Gasteiger partial charge in [0, 0.05) is 41.4 Å². The van der Waals surface area contributed by atoms with E-state index in [1.54, 1.807) is 11.6 Å². The maximum Gasteiger partial charge on any atom is 0.239 e. The summed E-state index contributed by atoms with van der Waals surface area (Å²) in [6.45, 7) is 4.80. The van der Waals surface area contributed by atoms with E-state index in [0.717, 1.165) is 12.1 Å². The molecular weight excluding hydrogens is 430 g/mol. The zero-order valence-electron chi connectivity index (χ0n) is 18.2. The Hall–Kier alpha value is -2.31. The van der Waals surface area contributed by atoms with Crippen molar-refractivity contribution in [1.82, 2.24) is 9.78 Å². The molecule has 0 radical (unpaired) electrons. The predicted molar refractivity (Wildman–Crippen MR) is 107 cm³/mol. The maximum absolute atomic E-state index is 14.6. The first-order valence-electron chi connectivity index (χ1n) is 10.2. The first-order chi connectivity index (χ1) is 15.1. The van der Waals surface area contributed by atoms with E-state index in [9.17, 15) is 29.2 Å². The molecule has 1 aliphatic heterocycles. The summed E-state index contributed by atoms with van der Waals surface area (Å²) in [7, 11) is 1.30. The van der Waals surface area contributed by atoms with Crippen molar-refractivity contribution >= 4 is 0 Å². The Morgan fingerprint density at radius 1 is 1.09 bits per heavy atom. The molecule has 178 valence electrons. The highest BCUT2D eigenvalue weighted by Gasteiger charge is 2.45. The van der Waals surface area contributed by atoms with Crippen LogP contribution in [-0.2, 0) is 11.2 Å². The van der Waals surface area contributed by atoms with Gasteiger partial charge in [-0.05, 0) is 20.8 Å². The third kappa shape index (κ3) is 4.57. The number of rotatable bonds is 7. The summed E-state index contributed by atoms with van der Waals surface area (Å²) in [6, 6.07) is 2.02. The normalized spacial score (nSPS) is 25.9. The molecule has 0 unspecified atom stereocenters. The second-order valence-electron chi connectivity index (χ2n) is 7.97. The molecule has 0 saturated carbocycles. The van der Waals surface area contributed by atoms with Gasteiger partial charge in [-0.15, -0.1) is 5.10 Å². The predicted octanol–water partition coefficient (Wildman–Crippen LogP) is 0.829. The van der Waals surface area contributed by atoms with Crippen LogP contribution >= 0.6 is 0 Å². The fourth-order valence-corrected chi connectivity index (χ4v) is 3.65. The first kappa shape index (κ1) is 24.3. The van der Waals surface area contributed by atoms with E-state index in [1.165, 1.54) is 7.11 Å². The molecule has 11 heteroatoms. The van der Waals surface area contributed by atoms with Gasteiger partial charge < -0.3 is 34.6 Å². The topological polar surface area (TPSA) is 126 Å². The second kappa shape index (κ2) is 9.67. The van der Waals surface area contributed by atoms with Crippen molar-refractivity contribution in [2.45, 2.75) is 63.9 Å². The van der Waals surface area contributed by atoms with Crippen LogP contribution < -0.4 is 9.47 Å². The molecule has 3 rings (SSSR count). The molecule has 32 heavy (non-hydrogen) atoms. The molecule has 1 aromatic carbocycles. The third-order valence-corrected chi connectivity index (χ3v) is 5.51. The third-order valence-electron chi connectivity index (χ3n) is 5.51. The van der Waals surface area contributed by atoms with E-state index in [2.05, 4.69) is 5.10 Å². The lowest BCUT2D eigenvalue weighted by Gasteiger charge is -2.39. The van der Waals surface area contributed by atoms with Crippen molar-refractivity contribution in [2.75, 3.05) is 13.7 Å². The van der Waals surface area contributed by atoms with Crippen LogP contribution in [0, 0.1) is 18.6 Å². The van der Waals surface area contributed by atoms with Gasteiger partial charge in [-0.25, -0.2) is 8.78 Å². The lowest BCUT2D eigenvalue weighted by atomic mass is 9.99. The molecule has 4 N–H and O–H groups in total. The van der Waals surface area contributed by atoms with Gasteiger partial charge in [0.25, 0.3) is 0 Å². The minimum Gasteiger partial charge on any atom is -0.497 e. The molecule has 9 nitrogen and oxygen atoms in total. The highest BCUT2D eigenvalue weighted by Crippen LogP contribution is 2.32. The molecule has 1 fully saturated rings. The Labute approximate surface area is 183 Å². The van der Waals surface area contributed by atoms with E-state index < -0.39 is 48.9 Å². The van der Waals surface area contributed by atoms with Gasteiger partial charge >= 0.3 is 0 Å². The number of aromatic nitrogens is 2. The number of benzene rings is 1. The number of aliphatic hydroxyl groups is 4. The molecule has 0 bridgehead atoms. The molecule has 2 aromatic rings. The zero-order valence-corrected chi connectivity index (χ0v) is 18.2. The lowest BCUT2D eigenvalue weighted by molar-refractivity contribution is -0.278. The number of methoxy groups -OCH3 is 1. The van der Waals surface area contributed by atoms with Crippen LogP contribution in [0.3, 0.4) is 0 Å². The Morgan fingerprint density at radius 3 is 2.25 bits per heavy atom. The summed E-state index contributed by atoms with van der Waals surface area (Å²) in [5.41, 5.74) is 0.698. The van der Waals surface area contributed by atoms with E-state index in [1.807, 2.05) is 13.8 Å². The Kier molecular flexibility index (Phi) is 7.36. The summed E-state index contributed by atoms with van der Waals surface area (Å²) >= 11 is 0. The summed E-state index contributed by atoms with van der Waals surface area (Å²) in [4.78, 5) is 0. The minimum absolute atomic E-state index is 0.0381. The molecule has 5 atom stereocenters. The molecule has 1 saturated heterocycles. The Bertz CT molecular complexity index is 927. The van der Waals surface area contributed by atoms with E-state index in [0.29, 0.717) is 11.3 Å². The monoisotopic (exact) mass is 458 g/mol. The summed E-state index contributed by atoms with van der Waals surface area (Å²) in [5.74, 6) is -1.64. The molecule has 0 spiro atoms. The maximum atomic E-state index is 14.6. The van der Waals surface area contributed by atoms with Crippen LogP contribution in [0.2, 0.25) is 0 Å². The Balaban J connectivity index is 1.98. The van der Waals surface area contributed by atoms with Crippen LogP contribution in [0.25, 0.3) is 0 Å². The van der Waals surface area contributed by atoms with Crippen LogP contribution in [0.5, 0.6) is 11.6 Å². The average molecular weight is 458 g/mol. The SMILES string of the molecule is COc1cc(F)c(Cc2c(O[C@@H]3O[C@H](CO)[C@@H](O)[C@H](O)[C@H]3O)nn(C(C)C)c2C)c(F)c1. The van der Waals surface area contributed by atoms with E-state index in [-0.39, 0.29) is 29.7 Å². The van der Waals surface area contributed by atoms with Crippen molar-refractivity contribution < 1.29 is 43.4 Å². The van der Waals surface area contributed by atoms with Crippen molar-refractivity contribution in [1.29, 1.82) is 0 Å². The Morgan fingerprint density at radius 2 is 1.72 bits per heavy atom. The largest absolute Gasteiger partial charge is 0.497 e. The van der Waals surface area contributed by atoms with Crippen molar-refractivity contribution in [2.24, 2.45) is 0 Å². The van der Waals surface area contributed by atoms with E-state index >= 15 is 0 Å². The van der Waals surface area contributed by atoms with Crippen LogP contribution in [0.15, 0.2) is 12.1 Å². The zero-order chi connectivity index (χ0) is 23.7. The van der Waals surface area contributed by atoms with Crippen molar-refractivity contribution in [3.63, 3.8) is 0 Å². The summed E-state index contributed by atoms with van der Waals surface area (Å²) < 4.78 is 46.7. The van der Waals surface area contributed by atoms with Gasteiger partial charge in [-0.2, -0.15) is 0 Å².